The van der Waals surface area contributed by atoms with Gasteiger partial charge in [0.25, 0.3) is 5.91 Å². The van der Waals surface area contributed by atoms with Gasteiger partial charge in [0.05, 0.1) is 0 Å². The average Bonchev–Trinajstić information content (AvgIpc) is 2.45. The van der Waals surface area contributed by atoms with Crippen molar-refractivity contribution < 1.29 is 14.3 Å². The quantitative estimate of drug-likeness (QED) is 0.893. The van der Waals surface area contributed by atoms with Gasteiger partial charge in [-0.3, -0.25) is 10.1 Å². The largest absolute Gasteiger partial charge is 0.444 e. The number of ether oxygens (including phenoxy) is 1. The van der Waals surface area contributed by atoms with Crippen LogP contribution in [0.5, 0.6) is 0 Å². The fraction of sp³-hybridized carbons (Fsp3) is 0.278. The topological polar surface area (TPSA) is 80.3 Å². The molecule has 126 valence electrons. The zero-order valence-electron chi connectivity index (χ0n) is 14.2. The molecule has 0 aliphatic rings. The molecule has 0 radical (unpaired) electrons. The van der Waals surface area contributed by atoms with Crippen LogP contribution < -0.4 is 10.6 Å². The highest BCUT2D eigenvalue weighted by Crippen LogP contribution is 2.15. The van der Waals surface area contributed by atoms with Crippen LogP contribution in [0.4, 0.5) is 16.3 Å². The van der Waals surface area contributed by atoms with Gasteiger partial charge >= 0.3 is 6.09 Å². The van der Waals surface area contributed by atoms with Gasteiger partial charge in [0.15, 0.2) is 0 Å². The summed E-state index contributed by atoms with van der Waals surface area (Å²) in [4.78, 5) is 28.3. The Morgan fingerprint density at radius 3 is 2.42 bits per heavy atom. The molecule has 2 amide bonds. The summed E-state index contributed by atoms with van der Waals surface area (Å²) in [7, 11) is 0. The van der Waals surface area contributed by atoms with E-state index in [0.29, 0.717) is 17.1 Å². The maximum absolute atomic E-state index is 12.3. The Bertz CT molecular complexity index is 751. The molecule has 6 heteroatoms. The van der Waals surface area contributed by atoms with Crippen molar-refractivity contribution in [2.45, 2.75) is 33.3 Å². The molecular formula is C18H21N3O3. The van der Waals surface area contributed by atoms with Gasteiger partial charge < -0.3 is 10.1 Å². The maximum atomic E-state index is 12.3. The third-order valence-corrected chi connectivity index (χ3v) is 2.90. The van der Waals surface area contributed by atoms with Crippen molar-refractivity contribution in [3.63, 3.8) is 0 Å². The van der Waals surface area contributed by atoms with Gasteiger partial charge in [-0.25, -0.2) is 9.78 Å². The van der Waals surface area contributed by atoms with E-state index in [-0.39, 0.29) is 5.91 Å². The molecule has 24 heavy (non-hydrogen) atoms. The molecule has 6 nitrogen and oxygen atoms in total. The fourth-order valence-electron chi connectivity index (χ4n) is 1.96. The Balaban J connectivity index is 2.06. The summed E-state index contributed by atoms with van der Waals surface area (Å²) in [5, 5.41) is 5.33. The lowest BCUT2D eigenvalue weighted by Gasteiger charge is -2.19. The van der Waals surface area contributed by atoms with E-state index in [0.717, 1.165) is 5.69 Å². The Hall–Kier alpha value is -2.89. The summed E-state index contributed by atoms with van der Waals surface area (Å²) in [5.41, 5.74) is 1.12. The van der Waals surface area contributed by atoms with Crippen molar-refractivity contribution in [2.75, 3.05) is 10.6 Å². The molecule has 0 unspecified atom stereocenters. The minimum absolute atomic E-state index is 0.305. The maximum Gasteiger partial charge on any atom is 0.412 e. The van der Waals surface area contributed by atoms with E-state index in [2.05, 4.69) is 15.6 Å². The first-order valence-corrected chi connectivity index (χ1v) is 7.58. The van der Waals surface area contributed by atoms with Gasteiger partial charge in [-0.1, -0.05) is 12.1 Å². The molecule has 0 fully saturated rings. The Morgan fingerprint density at radius 2 is 1.75 bits per heavy atom. The molecule has 0 atom stereocenters. The predicted octanol–water partition coefficient (Wildman–Crippen LogP) is 3.99. The summed E-state index contributed by atoms with van der Waals surface area (Å²) in [6, 6.07) is 12.0. The smallest absolute Gasteiger partial charge is 0.412 e. The van der Waals surface area contributed by atoms with E-state index >= 15 is 0 Å². The van der Waals surface area contributed by atoms with Gasteiger partial charge in [0, 0.05) is 16.9 Å². The van der Waals surface area contributed by atoms with Crippen LogP contribution in [0.3, 0.4) is 0 Å². The molecule has 1 aromatic heterocycles. The Kier molecular flexibility index (Phi) is 5.18. The highest BCUT2D eigenvalue weighted by Gasteiger charge is 2.16. The molecule has 0 bridgehead atoms. The van der Waals surface area contributed by atoms with Crippen LogP contribution in [0, 0.1) is 6.92 Å². The highest BCUT2D eigenvalue weighted by atomic mass is 16.6. The van der Waals surface area contributed by atoms with Crippen molar-refractivity contribution in [1.29, 1.82) is 0 Å². The number of pyridine rings is 1. The molecule has 1 heterocycles. The van der Waals surface area contributed by atoms with Crippen LogP contribution in [-0.2, 0) is 4.74 Å². The molecule has 1 aromatic carbocycles. The zero-order chi connectivity index (χ0) is 17.7. The molecule has 0 saturated heterocycles. The number of carbonyl (C=O) groups excluding carboxylic acids is 2. The van der Waals surface area contributed by atoms with E-state index in [1.165, 1.54) is 0 Å². The highest BCUT2D eigenvalue weighted by molar-refractivity contribution is 6.04. The van der Waals surface area contributed by atoms with E-state index in [9.17, 15) is 9.59 Å². The van der Waals surface area contributed by atoms with Crippen LogP contribution >= 0.6 is 0 Å². The van der Waals surface area contributed by atoms with Crippen molar-refractivity contribution in [3.05, 3.63) is 53.7 Å². The average molecular weight is 327 g/mol. The molecule has 2 aromatic rings. The van der Waals surface area contributed by atoms with E-state index < -0.39 is 11.7 Å². The number of rotatable bonds is 3. The van der Waals surface area contributed by atoms with Crippen molar-refractivity contribution in [2.24, 2.45) is 0 Å². The lowest BCUT2D eigenvalue weighted by Crippen LogP contribution is -2.27. The third kappa shape index (κ3) is 5.39. The standard InChI is InChI=1S/C18H21N3O3/c1-12-7-5-10-15(19-12)21-16(22)13-8-6-9-14(11-13)20-17(23)24-18(2,3)4/h5-11H,1-4H3,(H,20,23)(H,19,21,22). The summed E-state index contributed by atoms with van der Waals surface area (Å²) < 4.78 is 5.19. The predicted molar refractivity (Wildman–Crippen MR) is 93.2 cm³/mol. The van der Waals surface area contributed by atoms with Gasteiger partial charge in [-0.2, -0.15) is 0 Å². The minimum atomic E-state index is -0.587. The number of hydrogen-bond acceptors (Lipinski definition) is 4. The first-order valence-electron chi connectivity index (χ1n) is 7.58. The number of aryl methyl sites for hydroxylation is 1. The monoisotopic (exact) mass is 327 g/mol. The molecule has 0 aliphatic heterocycles. The van der Waals surface area contributed by atoms with Crippen LogP contribution in [-0.4, -0.2) is 22.6 Å². The number of anilines is 2. The number of benzene rings is 1. The number of amides is 2. The fourth-order valence-corrected chi connectivity index (χ4v) is 1.96. The summed E-state index contributed by atoms with van der Waals surface area (Å²) in [6.07, 6.45) is -0.569. The van der Waals surface area contributed by atoms with E-state index in [4.69, 9.17) is 4.74 Å². The number of nitrogens with one attached hydrogen (secondary N) is 2. The second-order valence-corrected chi connectivity index (χ2v) is 6.33. The number of carbonyl (C=O) groups is 2. The van der Waals surface area contributed by atoms with Crippen molar-refractivity contribution in [1.82, 2.24) is 4.98 Å². The Morgan fingerprint density at radius 1 is 1.04 bits per heavy atom. The molecule has 0 aliphatic carbocycles. The lowest BCUT2D eigenvalue weighted by molar-refractivity contribution is 0.0635. The molecule has 0 saturated carbocycles. The van der Waals surface area contributed by atoms with E-state index in [1.807, 2.05) is 19.1 Å². The van der Waals surface area contributed by atoms with Crippen LogP contribution in [0.1, 0.15) is 36.8 Å². The first-order chi connectivity index (χ1) is 11.2. The molecule has 2 N–H and O–H groups in total. The van der Waals surface area contributed by atoms with Gasteiger partial charge in [0.1, 0.15) is 11.4 Å². The second-order valence-electron chi connectivity index (χ2n) is 6.33. The normalized spacial score (nSPS) is 10.8. The number of hydrogen-bond donors (Lipinski definition) is 2. The number of aromatic nitrogens is 1. The molecular weight excluding hydrogens is 306 g/mol. The third-order valence-electron chi connectivity index (χ3n) is 2.90. The second kappa shape index (κ2) is 7.12. The van der Waals surface area contributed by atoms with Crippen LogP contribution in [0.15, 0.2) is 42.5 Å². The molecule has 2 rings (SSSR count). The summed E-state index contributed by atoms with van der Waals surface area (Å²) in [6.45, 7) is 7.20. The van der Waals surface area contributed by atoms with Crippen molar-refractivity contribution >= 4 is 23.5 Å². The van der Waals surface area contributed by atoms with Crippen LogP contribution in [0.25, 0.3) is 0 Å². The SMILES string of the molecule is Cc1cccc(NC(=O)c2cccc(NC(=O)OC(C)(C)C)c2)n1. The van der Waals surface area contributed by atoms with Crippen molar-refractivity contribution in [3.8, 4) is 0 Å². The minimum Gasteiger partial charge on any atom is -0.444 e. The lowest BCUT2D eigenvalue weighted by atomic mass is 10.2. The van der Waals surface area contributed by atoms with Gasteiger partial charge in [-0.15, -0.1) is 0 Å². The summed E-state index contributed by atoms with van der Waals surface area (Å²) >= 11 is 0. The number of nitrogens with zero attached hydrogens (tertiary/aromatic N) is 1. The van der Waals surface area contributed by atoms with Gasteiger partial charge in [-0.05, 0) is 58.0 Å². The van der Waals surface area contributed by atoms with Gasteiger partial charge in [0.2, 0.25) is 0 Å². The summed E-state index contributed by atoms with van der Waals surface area (Å²) in [5.74, 6) is 0.173. The first kappa shape index (κ1) is 17.5. The zero-order valence-corrected chi connectivity index (χ0v) is 14.2. The Labute approximate surface area is 141 Å². The van der Waals surface area contributed by atoms with E-state index in [1.54, 1.807) is 51.1 Å². The molecule has 0 spiro atoms. The van der Waals surface area contributed by atoms with Crippen LogP contribution in [0.2, 0.25) is 0 Å².